The van der Waals surface area contributed by atoms with E-state index in [-0.39, 0.29) is 44.8 Å². The van der Waals surface area contributed by atoms with Crippen LogP contribution in [0.5, 0.6) is 11.5 Å². The maximum atomic E-state index is 10.8. The highest BCUT2D eigenvalue weighted by atomic mass is 16.5. The average Bonchev–Trinajstić information content (AvgIpc) is 1.56. The monoisotopic (exact) mass is 1230 g/mol. The maximum absolute atomic E-state index is 10.8. The Bertz CT molecular complexity index is 7130. The van der Waals surface area contributed by atoms with Gasteiger partial charge in [0.25, 0.3) is 6.33 Å². The van der Waals surface area contributed by atoms with Gasteiger partial charge in [-0.2, -0.15) is 0 Å². The van der Waals surface area contributed by atoms with Crippen LogP contribution in [-0.4, -0.2) is 14.1 Å². The van der Waals surface area contributed by atoms with Crippen LogP contribution in [-0.2, 0) is 5.41 Å². The van der Waals surface area contributed by atoms with Crippen molar-refractivity contribution in [2.24, 2.45) is 0 Å². The smallest absolute Gasteiger partial charge is 0.269 e. The minimum Gasteiger partial charge on any atom is -0.458 e. The molecule has 3 aromatic heterocycles. The maximum Gasteiger partial charge on any atom is 0.269 e. The van der Waals surface area contributed by atoms with Gasteiger partial charge < -0.3 is 4.74 Å². The molecule has 0 radical (unpaired) electrons. The van der Waals surface area contributed by atoms with E-state index < -0.39 is 301 Å². The molecule has 13 aromatic carbocycles. The number of hydrogen-bond acceptors (Lipinski definition) is 2. The Morgan fingerprint density at radius 2 is 0.860 bits per heavy atom. The summed E-state index contributed by atoms with van der Waals surface area (Å²) in [6.07, 6.45) is 4.99. The second kappa shape index (κ2) is 23.8. The van der Waals surface area contributed by atoms with E-state index in [0.29, 0.717) is 11.3 Å². The fourth-order valence-corrected chi connectivity index (χ4v) is 11.1. The third-order valence-electron chi connectivity index (χ3n) is 15.4. The van der Waals surface area contributed by atoms with Gasteiger partial charge >= 0.3 is 0 Å². The zero-order chi connectivity index (χ0) is 93.7. The number of para-hydroxylation sites is 1. The van der Waals surface area contributed by atoms with Crippen LogP contribution in [0.4, 0.5) is 0 Å². The van der Waals surface area contributed by atoms with E-state index in [1.165, 1.54) is 34.9 Å². The first kappa shape index (κ1) is 29.8. The lowest BCUT2D eigenvalue weighted by Gasteiger charge is -2.22. The summed E-state index contributed by atoms with van der Waals surface area (Å²) in [5, 5.41) is 1.68. The van der Waals surface area contributed by atoms with Crippen molar-refractivity contribution in [3.63, 3.8) is 0 Å². The molecule has 0 fully saturated rings. The lowest BCUT2D eigenvalue weighted by molar-refractivity contribution is -0.571. The van der Waals surface area contributed by atoms with Gasteiger partial charge in [-0.15, -0.1) is 0 Å². The molecule has 0 atom stereocenters. The van der Waals surface area contributed by atoms with Crippen molar-refractivity contribution in [1.29, 1.82) is 0 Å². The largest absolute Gasteiger partial charge is 0.458 e. The summed E-state index contributed by atoms with van der Waals surface area (Å²) in [5.41, 5.74) is -12.8. The molecule has 0 saturated carbocycles. The molecule has 0 aliphatic heterocycles. The number of fused-ring (bicyclic) bond motifs is 4. The first-order valence-electron chi connectivity index (χ1n) is 46.9. The van der Waals surface area contributed by atoms with E-state index in [1.54, 1.807) is 30.5 Å². The summed E-state index contributed by atoms with van der Waals surface area (Å²) in [6.45, 7) is 6.21. The molecule has 93 heavy (non-hydrogen) atoms. The third-order valence-corrected chi connectivity index (χ3v) is 15.4. The molecule has 0 aliphatic rings. The van der Waals surface area contributed by atoms with Gasteiger partial charge in [-0.05, 0) is 203 Å². The molecular weight excluding hydrogens is 1130 g/mol. The number of rotatable bonds is 13. The highest BCUT2D eigenvalue weighted by Crippen LogP contribution is 2.45. The Morgan fingerprint density at radius 3 is 1.39 bits per heavy atom. The molecule has 0 unspecified atom stereocenters. The molecule has 3 heterocycles. The molecule has 5 heteroatoms. The van der Waals surface area contributed by atoms with Gasteiger partial charge in [0.1, 0.15) is 17.3 Å². The lowest BCUT2D eigenvalue weighted by Crippen LogP contribution is -2.31. The first-order valence-corrected chi connectivity index (χ1v) is 28.9. The average molecular weight is 1230 g/mol. The van der Waals surface area contributed by atoms with E-state index in [2.05, 4.69) is 27.1 Å². The van der Waals surface area contributed by atoms with E-state index in [4.69, 9.17) is 31.7 Å². The molecule has 5 nitrogen and oxygen atoms in total. The Hall–Kier alpha value is -11.9. The van der Waals surface area contributed by atoms with Crippen molar-refractivity contribution in [2.45, 2.75) is 26.2 Å². The molecule has 442 valence electrons. The Labute approximate surface area is 593 Å². The number of ether oxygens (including phenoxy) is 1. The molecule has 0 amide bonds. The topological polar surface area (TPSA) is 35.9 Å². The van der Waals surface area contributed by atoms with Gasteiger partial charge in [0.2, 0.25) is 0 Å². The summed E-state index contributed by atoms with van der Waals surface area (Å²) >= 11 is 0. The van der Waals surface area contributed by atoms with Crippen molar-refractivity contribution < 1.29 is 58.7 Å². The number of pyridine rings is 1. The first-order chi connectivity index (χ1) is 60.7. The normalized spacial score (nSPS) is 17.0. The van der Waals surface area contributed by atoms with E-state index in [0.717, 1.165) is 38.6 Å². The van der Waals surface area contributed by atoms with Crippen LogP contribution < -0.4 is 9.30 Å². The summed E-state index contributed by atoms with van der Waals surface area (Å²) in [4.78, 5) is 4.83. The van der Waals surface area contributed by atoms with Crippen molar-refractivity contribution in [1.82, 2.24) is 14.1 Å². The van der Waals surface area contributed by atoms with E-state index in [9.17, 15) is 27.4 Å². The van der Waals surface area contributed by atoms with Gasteiger partial charge in [0.15, 0.2) is 0 Å². The highest BCUT2D eigenvalue weighted by Gasteiger charge is 2.25. The van der Waals surface area contributed by atoms with Crippen LogP contribution in [0.15, 0.2) is 333 Å². The van der Waals surface area contributed by atoms with Crippen LogP contribution in [0.1, 0.15) is 75.7 Å². The molecule has 0 N–H and O–H groups in total. The number of imidazole rings is 1. The van der Waals surface area contributed by atoms with E-state index >= 15 is 0 Å². The second-order valence-corrected chi connectivity index (χ2v) is 22.2. The quantitative estimate of drug-likeness (QED) is 0.0852. The van der Waals surface area contributed by atoms with Gasteiger partial charge in [-0.3, -0.25) is 13.7 Å². The number of benzene rings is 13. The summed E-state index contributed by atoms with van der Waals surface area (Å²) in [5.74, 6) is 0.921. The van der Waals surface area contributed by atoms with Crippen LogP contribution >= 0.6 is 0 Å². The van der Waals surface area contributed by atoms with Gasteiger partial charge in [0.05, 0.1) is 82.8 Å². The number of aromatic nitrogens is 4. The van der Waals surface area contributed by atoms with Crippen molar-refractivity contribution in [2.75, 3.05) is 0 Å². The Kier molecular flexibility index (Phi) is 7.63. The third kappa shape index (κ3) is 11.0. The SMILES string of the molecule is [2H]c1c([2H])c([2H])c(-c2cc(-c3c([2H])c(-c4c([2H])c([2H])c([2H])c([2H])c4[2H])c([2H])c(-c4c([2H])c([2H])c([2H])c([2H])c4[2H])c3[2H])c(-[n+]3[c-]n(-c4cccc(Oc5ccc6c7ccccc7n(-c7cc(C(C)(C)C)ccn7)c6c5)c4)c4cc(-c5c([2H])c([2H])c([2H])c([2H])c5[2H])ccc43)c(-c3c([2H])c(-c4c([2H])c([2H])c([2H])c([2H])c4[2H])c([2H])c(-c4c([2H])c([2H])c([2H])c([2H])c4[2H])c3[2H])c2)c([2H])c1[2H]. The van der Waals surface area contributed by atoms with Crippen LogP contribution in [0.25, 0.3) is 139 Å². The Morgan fingerprint density at radius 1 is 0.387 bits per heavy atom. The number of hydrogen-bond donors (Lipinski definition) is 0. The fourth-order valence-electron chi connectivity index (χ4n) is 11.1. The van der Waals surface area contributed by atoms with Crippen LogP contribution in [0, 0.1) is 6.33 Å². The van der Waals surface area contributed by atoms with Gasteiger partial charge in [-0.25, -0.2) is 4.98 Å². The summed E-state index contributed by atoms with van der Waals surface area (Å²) < 4.78 is 350. The second-order valence-electron chi connectivity index (χ2n) is 22.2. The molecule has 0 aliphatic carbocycles. The lowest BCUT2D eigenvalue weighted by atomic mass is 9.86. The molecule has 0 bridgehead atoms. The zero-order valence-electron chi connectivity index (χ0n) is 85.2. The highest BCUT2D eigenvalue weighted by molar-refractivity contribution is 6.09. The van der Waals surface area contributed by atoms with Crippen molar-refractivity contribution in [3.8, 4) is 118 Å². The van der Waals surface area contributed by atoms with E-state index in [1.807, 2.05) is 47.0 Å². The summed E-state index contributed by atoms with van der Waals surface area (Å²) in [6, 6.07) is -8.98. The molecule has 0 saturated heterocycles. The van der Waals surface area contributed by atoms with Crippen LogP contribution in [0.2, 0.25) is 0 Å². The van der Waals surface area contributed by atoms with Gasteiger partial charge in [0, 0.05) is 23.0 Å². The predicted octanol–water partition coefficient (Wildman–Crippen LogP) is 22.6. The van der Waals surface area contributed by atoms with Crippen molar-refractivity contribution >= 4 is 32.8 Å². The molecule has 0 spiro atoms. The summed E-state index contributed by atoms with van der Waals surface area (Å²) in [7, 11) is 0. The molecular formula is C88H64N4O. The standard InChI is InChI=1S/C88H64N4O/c1-88(2,3)74-45-46-89-86(56-74)92-82-40-23-22-39-78(82)79-43-42-77(58-84(79)92)93-76-38-24-37-75(57-76)90-59-91(83-44-41-66(55-85(83)90)60-25-10-4-11-26-60)87-80(72-49-67(61-27-12-5-13-28-61)47-68(50-72)62-29-14-6-15-30-62)53-71(65-35-20-9-21-36-65)54-81(87)73-51-69(63-31-16-7-17-32-63)48-70(52-73)64-33-18-8-19-34-64/h4-58H,1-3H3/i4D,5D,6D,7D,8D,9D,10D,11D,12D,13D,14D,15D,16D,17D,18D,19D,20D,21D,25D,26D,27D,28D,29D,30D,31D,32D,33D,34D,35D,36D,47D,48D,49D,50D,51D,52D. The minimum atomic E-state index is -1.23. The van der Waals surface area contributed by atoms with Crippen LogP contribution in [0.3, 0.4) is 0 Å². The fraction of sp³-hybridized carbons (Fsp3) is 0.0455. The Balaban J connectivity index is 1.14. The molecule has 16 aromatic rings. The van der Waals surface area contributed by atoms with Crippen molar-refractivity contribution in [3.05, 3.63) is 345 Å². The minimum absolute atomic E-state index is 0.0347. The number of nitrogens with zero attached hydrogens (tertiary/aromatic N) is 4. The predicted molar refractivity (Wildman–Crippen MR) is 384 cm³/mol. The zero-order valence-corrected chi connectivity index (χ0v) is 49.2. The molecule has 16 rings (SSSR count). The van der Waals surface area contributed by atoms with Gasteiger partial charge in [-0.1, -0.05) is 238 Å².